The zero-order chi connectivity index (χ0) is 28.8. The average Bonchev–Trinajstić information content (AvgIpc) is 3.26. The summed E-state index contributed by atoms with van der Waals surface area (Å²) in [5, 5.41) is 5.19. The molecule has 10 nitrogen and oxygen atoms in total. The summed E-state index contributed by atoms with van der Waals surface area (Å²) in [4.78, 5) is 29.5. The minimum atomic E-state index is -3.97. The van der Waals surface area contributed by atoms with Crippen molar-refractivity contribution in [1.82, 2.24) is 4.98 Å². The number of hydrogen-bond donors (Lipinski definition) is 2. The van der Waals surface area contributed by atoms with Crippen molar-refractivity contribution in [2.45, 2.75) is 31.3 Å². The van der Waals surface area contributed by atoms with Crippen LogP contribution >= 0.6 is 11.3 Å². The van der Waals surface area contributed by atoms with Crippen LogP contribution in [0.15, 0.2) is 77.0 Å². The Bertz CT molecular complexity index is 1690. The fourth-order valence-corrected chi connectivity index (χ4v) is 5.84. The summed E-state index contributed by atoms with van der Waals surface area (Å²) in [5.41, 5.74) is 2.57. The van der Waals surface area contributed by atoms with Crippen molar-refractivity contribution in [3.63, 3.8) is 0 Å². The molecule has 0 radical (unpaired) electrons. The van der Waals surface area contributed by atoms with E-state index in [9.17, 15) is 18.0 Å². The van der Waals surface area contributed by atoms with Crippen molar-refractivity contribution < 1.29 is 32.2 Å². The number of carbonyl (C=O) groups is 2. The van der Waals surface area contributed by atoms with Crippen molar-refractivity contribution in [2.75, 3.05) is 23.3 Å². The molecule has 2 N–H and O–H groups in total. The Morgan fingerprint density at radius 1 is 1.00 bits per heavy atom. The van der Waals surface area contributed by atoms with Crippen LogP contribution in [-0.2, 0) is 32.6 Å². The van der Waals surface area contributed by atoms with Gasteiger partial charge in [-0.05, 0) is 48.9 Å². The molecule has 1 amide bonds. The first-order valence-electron chi connectivity index (χ1n) is 12.8. The smallest absolute Gasteiger partial charge is 0.338 e. The van der Waals surface area contributed by atoms with Gasteiger partial charge in [0.2, 0.25) is 5.91 Å². The van der Waals surface area contributed by atoms with Crippen LogP contribution in [-0.4, -0.2) is 38.5 Å². The fraction of sp³-hybridized carbons (Fsp3) is 0.207. The molecule has 1 aliphatic heterocycles. The number of benzene rings is 3. The maximum absolute atomic E-state index is 13.0. The predicted molar refractivity (Wildman–Crippen MR) is 154 cm³/mol. The Labute approximate surface area is 241 Å². The highest BCUT2D eigenvalue weighted by Gasteiger charge is 2.20. The number of anilines is 2. The minimum Gasteiger partial charge on any atom is -0.490 e. The number of thiazole rings is 1. The fourth-order valence-electron chi connectivity index (χ4n) is 4.00. The molecule has 0 spiro atoms. The van der Waals surface area contributed by atoms with Crippen LogP contribution in [0.1, 0.15) is 33.0 Å². The summed E-state index contributed by atoms with van der Waals surface area (Å²) in [6, 6.07) is 17.9. The largest absolute Gasteiger partial charge is 0.490 e. The number of fused-ring (bicyclic) bond motifs is 1. The van der Waals surface area contributed by atoms with Crippen LogP contribution < -0.4 is 19.5 Å². The first-order chi connectivity index (χ1) is 19.8. The molecule has 41 heavy (non-hydrogen) atoms. The number of aryl methyl sites for hydroxylation is 1. The molecule has 212 valence electrons. The van der Waals surface area contributed by atoms with Crippen molar-refractivity contribution in [3.8, 4) is 11.5 Å². The van der Waals surface area contributed by atoms with Gasteiger partial charge in [-0.3, -0.25) is 9.52 Å². The van der Waals surface area contributed by atoms with Gasteiger partial charge >= 0.3 is 5.97 Å². The number of aromatic nitrogens is 1. The van der Waals surface area contributed by atoms with Gasteiger partial charge in [0, 0.05) is 29.2 Å². The molecule has 0 fully saturated rings. The van der Waals surface area contributed by atoms with Gasteiger partial charge < -0.3 is 19.5 Å². The van der Waals surface area contributed by atoms with Crippen LogP contribution in [0.4, 0.5) is 11.4 Å². The van der Waals surface area contributed by atoms with Gasteiger partial charge in [0.05, 0.1) is 35.8 Å². The highest BCUT2D eigenvalue weighted by atomic mass is 32.2. The molecule has 2 heterocycles. The molecular weight excluding hydrogens is 566 g/mol. The predicted octanol–water partition coefficient (Wildman–Crippen LogP) is 4.95. The van der Waals surface area contributed by atoms with Crippen LogP contribution in [0.25, 0.3) is 0 Å². The van der Waals surface area contributed by atoms with Gasteiger partial charge in [-0.25, -0.2) is 18.2 Å². The zero-order valence-corrected chi connectivity index (χ0v) is 23.7. The summed E-state index contributed by atoms with van der Waals surface area (Å²) >= 11 is 1.30. The molecule has 0 atom stereocenters. The van der Waals surface area contributed by atoms with E-state index in [-0.39, 0.29) is 35.1 Å². The highest BCUT2D eigenvalue weighted by Crippen LogP contribution is 2.32. The lowest BCUT2D eigenvalue weighted by atomic mass is 10.2. The van der Waals surface area contributed by atoms with E-state index in [0.717, 1.165) is 11.3 Å². The SMILES string of the molecule is Cc1ccccc1NC(=O)Cc1nc(COC(=O)c2cccc(NS(=O)(=O)c3ccc4c(c3)OCCCO4)c2)cs1. The van der Waals surface area contributed by atoms with Crippen LogP contribution in [0.3, 0.4) is 0 Å². The number of rotatable bonds is 9. The monoisotopic (exact) mass is 593 g/mol. The van der Waals surface area contributed by atoms with Crippen molar-refractivity contribution in [1.29, 1.82) is 0 Å². The van der Waals surface area contributed by atoms with Crippen LogP contribution in [0.5, 0.6) is 11.5 Å². The summed E-state index contributed by atoms with van der Waals surface area (Å²) in [6.07, 6.45) is 0.797. The molecular formula is C29H27N3O7S2. The standard InChI is InChI=1S/C29H27N3O7S2/c1-19-6-2-3-9-24(19)31-27(33)16-28-30-22(18-40-28)17-39-29(34)20-7-4-8-21(14-20)32-41(35,36)23-10-11-25-26(15-23)38-13-5-12-37-25/h2-4,6-11,14-15,18,32H,5,12-13,16-17H2,1H3,(H,31,33). The number of sulfonamides is 1. The van der Waals surface area contributed by atoms with Crippen molar-refractivity contribution in [2.24, 2.45) is 0 Å². The normalized spacial score (nSPS) is 12.7. The number of hydrogen-bond acceptors (Lipinski definition) is 9. The Morgan fingerprint density at radius 2 is 1.80 bits per heavy atom. The Morgan fingerprint density at radius 3 is 2.63 bits per heavy atom. The number of para-hydroxylation sites is 1. The third kappa shape index (κ3) is 7.21. The maximum atomic E-state index is 13.0. The van der Waals surface area contributed by atoms with Gasteiger partial charge in [0.25, 0.3) is 10.0 Å². The molecule has 12 heteroatoms. The average molecular weight is 594 g/mol. The molecule has 0 saturated heterocycles. The lowest BCUT2D eigenvalue weighted by Gasteiger charge is -2.12. The van der Waals surface area contributed by atoms with E-state index >= 15 is 0 Å². The molecule has 0 aliphatic carbocycles. The van der Waals surface area contributed by atoms with Crippen molar-refractivity contribution in [3.05, 3.63) is 93.9 Å². The topological polar surface area (TPSA) is 133 Å². The third-order valence-electron chi connectivity index (χ3n) is 6.06. The molecule has 4 aromatic rings. The molecule has 5 rings (SSSR count). The molecule has 3 aromatic carbocycles. The van der Waals surface area contributed by atoms with E-state index in [1.807, 2.05) is 31.2 Å². The van der Waals surface area contributed by atoms with Gasteiger partial charge in [0.1, 0.15) is 11.6 Å². The molecule has 0 bridgehead atoms. The van der Waals surface area contributed by atoms with Crippen LogP contribution in [0.2, 0.25) is 0 Å². The van der Waals surface area contributed by atoms with Gasteiger partial charge in [-0.1, -0.05) is 24.3 Å². The third-order valence-corrected chi connectivity index (χ3v) is 8.34. The number of nitrogens with one attached hydrogen (secondary N) is 2. The summed E-state index contributed by atoms with van der Waals surface area (Å²) < 4.78 is 45.0. The van der Waals surface area contributed by atoms with E-state index in [1.54, 1.807) is 17.5 Å². The Hall–Kier alpha value is -4.42. The van der Waals surface area contributed by atoms with Crippen molar-refractivity contribution >= 4 is 44.6 Å². The lowest BCUT2D eigenvalue weighted by Crippen LogP contribution is -2.15. The summed E-state index contributed by atoms with van der Waals surface area (Å²) in [5.74, 6) is 0.0143. The second-order valence-corrected chi connectivity index (χ2v) is 11.8. The second-order valence-electron chi connectivity index (χ2n) is 9.19. The van der Waals surface area contributed by atoms with Crippen LogP contribution in [0, 0.1) is 6.92 Å². The van der Waals surface area contributed by atoms with Gasteiger partial charge in [-0.2, -0.15) is 0 Å². The van der Waals surface area contributed by atoms with E-state index in [1.165, 1.54) is 41.7 Å². The van der Waals surface area contributed by atoms with E-state index < -0.39 is 16.0 Å². The van der Waals surface area contributed by atoms with E-state index in [4.69, 9.17) is 14.2 Å². The number of carbonyl (C=O) groups excluding carboxylic acids is 2. The Kier molecular flexibility index (Phi) is 8.50. The number of ether oxygens (including phenoxy) is 3. The molecule has 1 aromatic heterocycles. The van der Waals surface area contributed by atoms with Gasteiger partial charge in [0.15, 0.2) is 11.5 Å². The molecule has 0 unspecified atom stereocenters. The number of amides is 1. The highest BCUT2D eigenvalue weighted by molar-refractivity contribution is 7.92. The second kappa shape index (κ2) is 12.4. The van der Waals surface area contributed by atoms with E-state index in [2.05, 4.69) is 15.0 Å². The first kappa shape index (κ1) is 28.1. The molecule has 0 saturated carbocycles. The molecule has 1 aliphatic rings. The zero-order valence-electron chi connectivity index (χ0n) is 22.1. The van der Waals surface area contributed by atoms with E-state index in [0.29, 0.717) is 41.8 Å². The Balaban J connectivity index is 1.17. The quantitative estimate of drug-likeness (QED) is 0.261. The minimum absolute atomic E-state index is 0.00153. The number of nitrogens with zero attached hydrogens (tertiary/aromatic N) is 1. The first-order valence-corrected chi connectivity index (χ1v) is 15.1. The van der Waals surface area contributed by atoms with Gasteiger partial charge in [-0.15, -0.1) is 11.3 Å². The maximum Gasteiger partial charge on any atom is 0.338 e. The lowest BCUT2D eigenvalue weighted by molar-refractivity contribution is -0.115. The summed E-state index contributed by atoms with van der Waals surface area (Å²) in [7, 11) is -3.97. The number of esters is 1. The summed E-state index contributed by atoms with van der Waals surface area (Å²) in [6.45, 7) is 2.74.